The lowest BCUT2D eigenvalue weighted by Crippen LogP contribution is -2.32. The number of carbonyl (C=O) groups excluding carboxylic acids is 2. The molecule has 2 amide bonds. The van der Waals surface area contributed by atoms with Gasteiger partial charge in [-0.05, 0) is 48.2 Å². The van der Waals surface area contributed by atoms with Gasteiger partial charge in [0, 0.05) is 24.5 Å². The van der Waals surface area contributed by atoms with Crippen LogP contribution in [0.5, 0.6) is 0 Å². The number of hydrogen-bond acceptors (Lipinski definition) is 4. The van der Waals surface area contributed by atoms with E-state index in [1.54, 1.807) is 18.2 Å². The summed E-state index contributed by atoms with van der Waals surface area (Å²) in [5, 5.41) is 8.88. The summed E-state index contributed by atoms with van der Waals surface area (Å²) >= 11 is 0. The molecule has 1 atom stereocenters. The molecular formula is C26H27N3O3. The van der Waals surface area contributed by atoms with Crippen molar-refractivity contribution in [3.8, 4) is 11.1 Å². The lowest BCUT2D eigenvalue weighted by atomic mass is 10.1. The maximum absolute atomic E-state index is 12.6. The zero-order valence-electron chi connectivity index (χ0n) is 17.8. The van der Waals surface area contributed by atoms with E-state index in [2.05, 4.69) is 16.0 Å². The van der Waals surface area contributed by atoms with Crippen LogP contribution >= 0.6 is 0 Å². The zero-order chi connectivity index (χ0) is 22.2. The van der Waals surface area contributed by atoms with Gasteiger partial charge in [0.25, 0.3) is 5.91 Å². The number of ether oxygens (including phenoxy) is 1. The van der Waals surface area contributed by atoms with Crippen LogP contribution in [0.1, 0.15) is 23.2 Å². The molecule has 0 unspecified atom stereocenters. The summed E-state index contributed by atoms with van der Waals surface area (Å²) in [4.78, 5) is 25.0. The molecule has 1 fully saturated rings. The highest BCUT2D eigenvalue weighted by atomic mass is 16.5. The normalized spacial score (nSPS) is 15.2. The second kappa shape index (κ2) is 10.6. The summed E-state index contributed by atoms with van der Waals surface area (Å²) in [5.41, 5.74) is 4.06. The maximum atomic E-state index is 12.6. The number of hydrogen-bond donors (Lipinski definition) is 3. The average molecular weight is 430 g/mol. The van der Waals surface area contributed by atoms with Crippen LogP contribution in [0.4, 0.5) is 11.4 Å². The van der Waals surface area contributed by atoms with Crippen molar-refractivity contribution in [1.82, 2.24) is 5.32 Å². The first-order chi connectivity index (χ1) is 15.7. The minimum atomic E-state index is -0.188. The largest absolute Gasteiger partial charge is 0.376 e. The quantitative estimate of drug-likeness (QED) is 0.498. The number of amides is 2. The summed E-state index contributed by atoms with van der Waals surface area (Å²) < 4.78 is 5.55. The molecule has 0 radical (unpaired) electrons. The Morgan fingerprint density at radius 1 is 0.875 bits per heavy atom. The number of benzene rings is 3. The Morgan fingerprint density at radius 2 is 1.59 bits per heavy atom. The molecule has 3 aromatic carbocycles. The second-order valence-corrected chi connectivity index (χ2v) is 7.74. The van der Waals surface area contributed by atoms with Gasteiger partial charge in [-0.15, -0.1) is 0 Å². The van der Waals surface area contributed by atoms with E-state index < -0.39 is 0 Å². The fourth-order valence-corrected chi connectivity index (χ4v) is 3.70. The van der Waals surface area contributed by atoms with Crippen LogP contribution in [0.25, 0.3) is 11.1 Å². The highest BCUT2D eigenvalue weighted by Crippen LogP contribution is 2.21. The summed E-state index contributed by atoms with van der Waals surface area (Å²) in [6.45, 7) is 1.30. The van der Waals surface area contributed by atoms with E-state index in [0.717, 1.165) is 36.3 Å². The molecule has 0 aromatic heterocycles. The maximum Gasteiger partial charge on any atom is 0.253 e. The van der Waals surface area contributed by atoms with Crippen molar-refractivity contribution in [3.63, 3.8) is 0 Å². The Bertz CT molecular complexity index is 1050. The molecule has 0 spiro atoms. The SMILES string of the molecule is O=C(CNc1ccccc1C(=O)NC[C@@H]1CCCO1)Nc1ccc(-c2ccccc2)cc1. The molecule has 6 heteroatoms. The first-order valence-electron chi connectivity index (χ1n) is 10.9. The van der Waals surface area contributed by atoms with Crippen LogP contribution in [0.2, 0.25) is 0 Å². The molecule has 3 aromatic rings. The van der Waals surface area contributed by atoms with Crippen molar-refractivity contribution in [2.75, 3.05) is 30.3 Å². The smallest absolute Gasteiger partial charge is 0.253 e. The van der Waals surface area contributed by atoms with Gasteiger partial charge in [-0.2, -0.15) is 0 Å². The molecule has 32 heavy (non-hydrogen) atoms. The fourth-order valence-electron chi connectivity index (χ4n) is 3.70. The Kier molecular flexibility index (Phi) is 7.15. The minimum Gasteiger partial charge on any atom is -0.376 e. The molecule has 1 aliphatic rings. The van der Waals surface area contributed by atoms with E-state index in [1.807, 2.05) is 60.7 Å². The van der Waals surface area contributed by atoms with E-state index in [1.165, 1.54) is 0 Å². The van der Waals surface area contributed by atoms with Gasteiger partial charge in [0.2, 0.25) is 5.91 Å². The minimum absolute atomic E-state index is 0.0520. The molecule has 0 bridgehead atoms. The van der Waals surface area contributed by atoms with Crippen LogP contribution in [-0.2, 0) is 9.53 Å². The third-order valence-electron chi connectivity index (χ3n) is 5.40. The number of para-hydroxylation sites is 1. The Hall–Kier alpha value is -3.64. The molecule has 1 heterocycles. The van der Waals surface area contributed by atoms with Crippen LogP contribution < -0.4 is 16.0 Å². The van der Waals surface area contributed by atoms with Gasteiger partial charge in [-0.3, -0.25) is 9.59 Å². The average Bonchev–Trinajstić information content (AvgIpc) is 3.36. The second-order valence-electron chi connectivity index (χ2n) is 7.74. The first-order valence-corrected chi connectivity index (χ1v) is 10.9. The number of anilines is 2. The van der Waals surface area contributed by atoms with Gasteiger partial charge in [-0.1, -0.05) is 54.6 Å². The predicted molar refractivity (Wildman–Crippen MR) is 127 cm³/mol. The van der Waals surface area contributed by atoms with Crippen molar-refractivity contribution in [2.45, 2.75) is 18.9 Å². The predicted octanol–water partition coefficient (Wildman–Crippen LogP) is 4.31. The van der Waals surface area contributed by atoms with Crippen LogP contribution in [0.15, 0.2) is 78.9 Å². The third-order valence-corrected chi connectivity index (χ3v) is 5.40. The van der Waals surface area contributed by atoms with Crippen LogP contribution in [0, 0.1) is 0 Å². The van der Waals surface area contributed by atoms with Gasteiger partial charge in [-0.25, -0.2) is 0 Å². The lowest BCUT2D eigenvalue weighted by Gasteiger charge is -2.14. The van der Waals surface area contributed by atoms with Crippen molar-refractivity contribution < 1.29 is 14.3 Å². The number of rotatable bonds is 8. The Balaban J connectivity index is 1.30. The van der Waals surface area contributed by atoms with E-state index in [4.69, 9.17) is 4.74 Å². The first kappa shape index (κ1) is 21.6. The van der Waals surface area contributed by atoms with Gasteiger partial charge >= 0.3 is 0 Å². The molecule has 164 valence electrons. The summed E-state index contributed by atoms with van der Waals surface area (Å²) in [5.74, 6) is -0.368. The summed E-state index contributed by atoms with van der Waals surface area (Å²) in [6, 6.07) is 25.0. The van der Waals surface area contributed by atoms with Crippen molar-refractivity contribution in [1.29, 1.82) is 0 Å². The van der Waals surface area contributed by atoms with Gasteiger partial charge in [0.1, 0.15) is 0 Å². The van der Waals surface area contributed by atoms with Gasteiger partial charge < -0.3 is 20.7 Å². The number of carbonyl (C=O) groups is 2. The Labute approximate surface area is 188 Å². The molecule has 1 aliphatic heterocycles. The highest BCUT2D eigenvalue weighted by molar-refractivity contribution is 6.01. The van der Waals surface area contributed by atoms with E-state index in [9.17, 15) is 9.59 Å². The van der Waals surface area contributed by atoms with E-state index >= 15 is 0 Å². The molecular weight excluding hydrogens is 402 g/mol. The third kappa shape index (κ3) is 5.74. The van der Waals surface area contributed by atoms with Crippen molar-refractivity contribution >= 4 is 23.2 Å². The summed E-state index contributed by atoms with van der Waals surface area (Å²) in [7, 11) is 0. The molecule has 6 nitrogen and oxygen atoms in total. The number of nitrogens with one attached hydrogen (secondary N) is 3. The van der Waals surface area contributed by atoms with E-state index in [0.29, 0.717) is 17.8 Å². The topological polar surface area (TPSA) is 79.5 Å². The highest BCUT2D eigenvalue weighted by Gasteiger charge is 2.18. The molecule has 1 saturated heterocycles. The molecule has 0 aliphatic carbocycles. The van der Waals surface area contributed by atoms with Crippen LogP contribution in [0.3, 0.4) is 0 Å². The fraction of sp³-hybridized carbons (Fsp3) is 0.231. The summed E-state index contributed by atoms with van der Waals surface area (Å²) in [6.07, 6.45) is 2.08. The molecule has 3 N–H and O–H groups in total. The van der Waals surface area contributed by atoms with Crippen molar-refractivity contribution in [2.24, 2.45) is 0 Å². The lowest BCUT2D eigenvalue weighted by molar-refractivity contribution is -0.114. The Morgan fingerprint density at radius 3 is 2.34 bits per heavy atom. The monoisotopic (exact) mass is 429 g/mol. The molecule has 4 rings (SSSR count). The van der Waals surface area contributed by atoms with Crippen LogP contribution in [-0.4, -0.2) is 37.6 Å². The van der Waals surface area contributed by atoms with Gasteiger partial charge in [0.05, 0.1) is 18.2 Å². The molecule has 0 saturated carbocycles. The van der Waals surface area contributed by atoms with Crippen molar-refractivity contribution in [3.05, 3.63) is 84.4 Å². The van der Waals surface area contributed by atoms with E-state index in [-0.39, 0.29) is 24.5 Å². The zero-order valence-corrected chi connectivity index (χ0v) is 17.8. The van der Waals surface area contributed by atoms with Gasteiger partial charge in [0.15, 0.2) is 0 Å². The standard InChI is InChI=1S/C26H27N3O3/c30-25(29-21-14-12-20(13-15-21)19-7-2-1-3-8-19)18-27-24-11-5-4-10-23(24)26(31)28-17-22-9-6-16-32-22/h1-5,7-8,10-15,22,27H,6,9,16-18H2,(H,28,31)(H,29,30)/t22-/m0/s1.